The van der Waals surface area contributed by atoms with E-state index in [1.54, 1.807) is 18.2 Å². The number of nitrogens with zero attached hydrogens (tertiary/aromatic N) is 1. The zero-order chi connectivity index (χ0) is 13.0. The van der Waals surface area contributed by atoms with Crippen LogP contribution >= 0.6 is 0 Å². The smallest absolute Gasteiger partial charge is 0.230 e. The molecular formula is C15H18N2O. The number of rotatable bonds is 3. The van der Waals surface area contributed by atoms with Gasteiger partial charge in [0.2, 0.25) is 5.91 Å². The second kappa shape index (κ2) is 5.22. The van der Waals surface area contributed by atoms with E-state index in [4.69, 9.17) is 5.26 Å². The number of hydrogen-bond donors (Lipinski definition) is 1. The van der Waals surface area contributed by atoms with E-state index in [1.807, 2.05) is 6.07 Å². The Labute approximate surface area is 108 Å². The van der Waals surface area contributed by atoms with Crippen molar-refractivity contribution in [1.29, 1.82) is 5.26 Å². The van der Waals surface area contributed by atoms with Gasteiger partial charge in [0.05, 0.1) is 11.6 Å². The molecule has 0 radical (unpaired) electrons. The molecule has 94 valence electrons. The maximum atomic E-state index is 12.4. The molecule has 18 heavy (non-hydrogen) atoms. The van der Waals surface area contributed by atoms with E-state index < -0.39 is 0 Å². The van der Waals surface area contributed by atoms with Gasteiger partial charge in [0, 0.05) is 11.1 Å². The lowest BCUT2D eigenvalue weighted by Crippen LogP contribution is -2.33. The molecule has 1 saturated carbocycles. The number of amides is 1. The molecule has 1 aliphatic carbocycles. The minimum Gasteiger partial charge on any atom is -0.326 e. The number of benzene rings is 1. The zero-order valence-electron chi connectivity index (χ0n) is 10.7. The minimum absolute atomic E-state index is 0.109. The van der Waals surface area contributed by atoms with E-state index in [9.17, 15) is 4.79 Å². The van der Waals surface area contributed by atoms with Gasteiger partial charge in [-0.25, -0.2) is 0 Å². The van der Waals surface area contributed by atoms with Gasteiger partial charge in [0.1, 0.15) is 0 Å². The van der Waals surface area contributed by atoms with Gasteiger partial charge >= 0.3 is 0 Å². The summed E-state index contributed by atoms with van der Waals surface area (Å²) in [6, 6.07) is 9.16. The van der Waals surface area contributed by atoms with Crippen LogP contribution in [0.3, 0.4) is 0 Å². The molecule has 0 unspecified atom stereocenters. The van der Waals surface area contributed by atoms with Crippen LogP contribution in [-0.2, 0) is 4.79 Å². The lowest BCUT2D eigenvalue weighted by molar-refractivity contribution is -0.125. The first kappa shape index (κ1) is 12.6. The Morgan fingerprint density at radius 2 is 2.17 bits per heavy atom. The SMILES string of the molecule is CCC1(C(=O)Nc2cccc(C#N)c2)CCCC1. The zero-order valence-corrected chi connectivity index (χ0v) is 10.7. The molecule has 0 spiro atoms. The standard InChI is InChI=1S/C15H18N2O/c1-2-15(8-3-4-9-15)14(18)17-13-7-5-6-12(10-13)11-16/h5-7,10H,2-4,8-9H2,1H3,(H,17,18). The fourth-order valence-electron chi connectivity index (χ4n) is 2.72. The summed E-state index contributed by atoms with van der Waals surface area (Å²) in [7, 11) is 0. The highest BCUT2D eigenvalue weighted by Crippen LogP contribution is 2.41. The van der Waals surface area contributed by atoms with Gasteiger partial charge in [0.15, 0.2) is 0 Å². The van der Waals surface area contributed by atoms with Crippen LogP contribution in [0.4, 0.5) is 5.69 Å². The molecule has 0 aromatic heterocycles. The molecule has 2 rings (SSSR count). The number of anilines is 1. The first-order valence-electron chi connectivity index (χ1n) is 6.52. The minimum atomic E-state index is -0.192. The number of carbonyl (C=O) groups excluding carboxylic acids is 1. The van der Waals surface area contributed by atoms with Crippen molar-refractivity contribution in [1.82, 2.24) is 0 Å². The molecule has 0 bridgehead atoms. The van der Waals surface area contributed by atoms with Gasteiger partial charge in [-0.15, -0.1) is 0 Å². The van der Waals surface area contributed by atoms with Crippen molar-refractivity contribution >= 4 is 11.6 Å². The summed E-state index contributed by atoms with van der Waals surface area (Å²) in [5.41, 5.74) is 1.10. The molecule has 1 N–H and O–H groups in total. The third kappa shape index (κ3) is 2.38. The Hall–Kier alpha value is -1.82. The van der Waals surface area contributed by atoms with Crippen molar-refractivity contribution in [3.63, 3.8) is 0 Å². The monoisotopic (exact) mass is 242 g/mol. The van der Waals surface area contributed by atoms with Crippen LogP contribution in [0.25, 0.3) is 0 Å². The largest absolute Gasteiger partial charge is 0.326 e. The van der Waals surface area contributed by atoms with Gasteiger partial charge in [0.25, 0.3) is 0 Å². The summed E-state index contributed by atoms with van der Waals surface area (Å²) in [5, 5.41) is 11.8. The molecule has 1 amide bonds. The summed E-state index contributed by atoms with van der Waals surface area (Å²) in [6.07, 6.45) is 5.12. The van der Waals surface area contributed by atoms with Crippen LogP contribution in [0.15, 0.2) is 24.3 Å². The molecule has 3 nitrogen and oxygen atoms in total. The Balaban J connectivity index is 2.13. The summed E-state index contributed by atoms with van der Waals surface area (Å²) < 4.78 is 0. The van der Waals surface area contributed by atoms with E-state index in [1.165, 1.54) is 0 Å². The van der Waals surface area contributed by atoms with Gasteiger partial charge in [-0.1, -0.05) is 25.8 Å². The lowest BCUT2D eigenvalue weighted by atomic mass is 9.82. The number of nitrogens with one attached hydrogen (secondary N) is 1. The molecule has 1 aliphatic rings. The summed E-state index contributed by atoms with van der Waals surface area (Å²) in [4.78, 5) is 12.4. The Kier molecular flexibility index (Phi) is 3.66. The molecule has 0 heterocycles. The van der Waals surface area contributed by atoms with Crippen molar-refractivity contribution < 1.29 is 4.79 Å². The van der Waals surface area contributed by atoms with Crippen molar-refractivity contribution in [3.05, 3.63) is 29.8 Å². The average Bonchev–Trinajstić information content (AvgIpc) is 2.89. The Bertz CT molecular complexity index is 482. The number of carbonyl (C=O) groups is 1. The molecule has 0 saturated heterocycles. The van der Waals surface area contributed by atoms with Gasteiger partial charge in [-0.05, 0) is 37.5 Å². The van der Waals surface area contributed by atoms with E-state index in [2.05, 4.69) is 18.3 Å². The highest BCUT2D eigenvalue weighted by molar-refractivity contribution is 5.95. The van der Waals surface area contributed by atoms with E-state index in [0.29, 0.717) is 5.56 Å². The molecule has 1 aromatic carbocycles. The predicted molar refractivity (Wildman–Crippen MR) is 71.0 cm³/mol. The Morgan fingerprint density at radius 3 is 2.78 bits per heavy atom. The van der Waals surface area contributed by atoms with E-state index >= 15 is 0 Å². The van der Waals surface area contributed by atoms with Crippen LogP contribution in [0, 0.1) is 16.7 Å². The summed E-state index contributed by atoms with van der Waals surface area (Å²) >= 11 is 0. The number of hydrogen-bond acceptors (Lipinski definition) is 2. The molecule has 3 heteroatoms. The van der Waals surface area contributed by atoms with Gasteiger partial charge in [-0.3, -0.25) is 4.79 Å². The van der Waals surface area contributed by atoms with Gasteiger partial charge < -0.3 is 5.32 Å². The maximum absolute atomic E-state index is 12.4. The van der Waals surface area contributed by atoms with Crippen LogP contribution in [-0.4, -0.2) is 5.91 Å². The Morgan fingerprint density at radius 1 is 1.44 bits per heavy atom. The highest BCUT2D eigenvalue weighted by Gasteiger charge is 2.39. The molecule has 1 fully saturated rings. The summed E-state index contributed by atoms with van der Waals surface area (Å²) in [6.45, 7) is 2.08. The molecule has 1 aromatic rings. The second-order valence-corrected chi connectivity index (χ2v) is 4.99. The van der Waals surface area contributed by atoms with Crippen molar-refractivity contribution in [2.24, 2.45) is 5.41 Å². The lowest BCUT2D eigenvalue weighted by Gasteiger charge is -2.26. The average molecular weight is 242 g/mol. The highest BCUT2D eigenvalue weighted by atomic mass is 16.2. The maximum Gasteiger partial charge on any atom is 0.230 e. The van der Waals surface area contributed by atoms with Crippen LogP contribution in [0.1, 0.15) is 44.6 Å². The predicted octanol–water partition coefficient (Wildman–Crippen LogP) is 3.47. The van der Waals surface area contributed by atoms with Crippen LogP contribution < -0.4 is 5.32 Å². The summed E-state index contributed by atoms with van der Waals surface area (Å²) in [5.74, 6) is 0.109. The van der Waals surface area contributed by atoms with Crippen LogP contribution in [0.5, 0.6) is 0 Å². The van der Waals surface area contributed by atoms with Crippen molar-refractivity contribution in [3.8, 4) is 6.07 Å². The van der Waals surface area contributed by atoms with Crippen molar-refractivity contribution in [2.45, 2.75) is 39.0 Å². The molecule has 0 aliphatic heterocycles. The van der Waals surface area contributed by atoms with E-state index in [0.717, 1.165) is 37.8 Å². The third-order valence-corrected chi connectivity index (χ3v) is 3.97. The van der Waals surface area contributed by atoms with E-state index in [-0.39, 0.29) is 11.3 Å². The van der Waals surface area contributed by atoms with Crippen LogP contribution in [0.2, 0.25) is 0 Å². The fourth-order valence-corrected chi connectivity index (χ4v) is 2.72. The quantitative estimate of drug-likeness (QED) is 0.882. The fraction of sp³-hybridized carbons (Fsp3) is 0.467. The van der Waals surface area contributed by atoms with Crippen molar-refractivity contribution in [2.75, 3.05) is 5.32 Å². The third-order valence-electron chi connectivity index (χ3n) is 3.97. The number of nitriles is 1. The second-order valence-electron chi connectivity index (χ2n) is 4.99. The first-order chi connectivity index (χ1) is 8.70. The molecule has 0 atom stereocenters. The first-order valence-corrected chi connectivity index (χ1v) is 6.52. The van der Waals surface area contributed by atoms with Gasteiger partial charge in [-0.2, -0.15) is 5.26 Å². The normalized spacial score (nSPS) is 17.1. The topological polar surface area (TPSA) is 52.9 Å². The molecular weight excluding hydrogens is 224 g/mol.